The fourth-order valence-corrected chi connectivity index (χ4v) is 2.87. The van der Waals surface area contributed by atoms with Crippen LogP contribution in [0.1, 0.15) is 24.0 Å². The minimum absolute atomic E-state index is 0.156. The molecular formula is C15H24N2O. The van der Waals surface area contributed by atoms with Gasteiger partial charge >= 0.3 is 0 Å². The van der Waals surface area contributed by atoms with Gasteiger partial charge < -0.3 is 15.4 Å². The van der Waals surface area contributed by atoms with E-state index < -0.39 is 0 Å². The van der Waals surface area contributed by atoms with Crippen LogP contribution >= 0.6 is 0 Å². The molecule has 3 nitrogen and oxygen atoms in total. The Kier molecular flexibility index (Phi) is 3.93. The number of ether oxygens (including phenoxy) is 1. The lowest BCUT2D eigenvalue weighted by Crippen LogP contribution is -2.45. The largest absolute Gasteiger partial charge is 0.496 e. The number of nitrogens with zero attached hydrogens (tertiary/aromatic N) is 1. The van der Waals surface area contributed by atoms with Gasteiger partial charge in [0, 0.05) is 12.0 Å². The maximum atomic E-state index is 6.09. The summed E-state index contributed by atoms with van der Waals surface area (Å²) in [4.78, 5) is 2.38. The zero-order valence-corrected chi connectivity index (χ0v) is 11.7. The van der Waals surface area contributed by atoms with Gasteiger partial charge in [-0.15, -0.1) is 0 Å². The quantitative estimate of drug-likeness (QED) is 0.888. The van der Waals surface area contributed by atoms with Crippen LogP contribution < -0.4 is 10.5 Å². The van der Waals surface area contributed by atoms with Gasteiger partial charge in [-0.3, -0.25) is 0 Å². The highest BCUT2D eigenvalue weighted by atomic mass is 16.5. The number of aryl methyl sites for hydroxylation is 1. The van der Waals surface area contributed by atoms with Crippen LogP contribution in [0, 0.1) is 6.92 Å². The molecule has 18 heavy (non-hydrogen) atoms. The molecule has 0 amide bonds. The van der Waals surface area contributed by atoms with Crippen LogP contribution in [0.5, 0.6) is 5.75 Å². The normalized spacial score (nSPS) is 19.8. The number of benzene rings is 1. The Labute approximate surface area is 110 Å². The first-order valence-electron chi connectivity index (χ1n) is 6.65. The summed E-state index contributed by atoms with van der Waals surface area (Å²) in [7, 11) is 3.90. The molecule has 1 aromatic carbocycles. The first-order valence-corrected chi connectivity index (χ1v) is 6.65. The lowest BCUT2D eigenvalue weighted by atomic mass is 9.72. The first kappa shape index (κ1) is 13.4. The van der Waals surface area contributed by atoms with E-state index >= 15 is 0 Å². The van der Waals surface area contributed by atoms with Crippen LogP contribution in [0.3, 0.4) is 0 Å². The Bertz CT molecular complexity index is 409. The van der Waals surface area contributed by atoms with Gasteiger partial charge in [-0.25, -0.2) is 0 Å². The summed E-state index contributed by atoms with van der Waals surface area (Å²) in [6.45, 7) is 5.08. The molecule has 0 bridgehead atoms. The van der Waals surface area contributed by atoms with Crippen molar-refractivity contribution in [2.75, 3.05) is 33.8 Å². The third-order valence-electron chi connectivity index (χ3n) is 4.34. The van der Waals surface area contributed by atoms with Gasteiger partial charge in [-0.05, 0) is 57.1 Å². The van der Waals surface area contributed by atoms with Crippen molar-refractivity contribution in [3.05, 3.63) is 29.3 Å². The van der Waals surface area contributed by atoms with E-state index in [1.807, 2.05) is 0 Å². The molecular weight excluding hydrogens is 224 g/mol. The number of hydrogen-bond acceptors (Lipinski definition) is 3. The summed E-state index contributed by atoms with van der Waals surface area (Å²) in [5, 5.41) is 0. The van der Waals surface area contributed by atoms with Crippen LogP contribution in [0.4, 0.5) is 0 Å². The number of piperidine rings is 1. The van der Waals surface area contributed by atoms with Crippen molar-refractivity contribution in [2.45, 2.75) is 25.2 Å². The molecule has 1 aliphatic heterocycles. The molecule has 0 atom stereocenters. The van der Waals surface area contributed by atoms with Crippen molar-refractivity contribution in [3.8, 4) is 5.75 Å². The van der Waals surface area contributed by atoms with Crippen LogP contribution in [0.2, 0.25) is 0 Å². The number of hydrogen-bond donors (Lipinski definition) is 1. The van der Waals surface area contributed by atoms with E-state index in [1.165, 1.54) is 11.1 Å². The molecule has 100 valence electrons. The topological polar surface area (TPSA) is 38.5 Å². The molecule has 0 spiro atoms. The molecule has 0 aromatic heterocycles. The van der Waals surface area contributed by atoms with Gasteiger partial charge in [0.15, 0.2) is 0 Å². The molecule has 0 unspecified atom stereocenters. The molecule has 1 saturated heterocycles. The van der Waals surface area contributed by atoms with Crippen LogP contribution in [-0.4, -0.2) is 38.7 Å². The molecule has 1 aromatic rings. The minimum Gasteiger partial charge on any atom is -0.496 e. The SMILES string of the molecule is COc1ccc(C2(CN)CCN(C)CC2)cc1C. The molecule has 0 radical (unpaired) electrons. The maximum absolute atomic E-state index is 6.09. The smallest absolute Gasteiger partial charge is 0.121 e. The van der Waals surface area contributed by atoms with Crippen molar-refractivity contribution in [2.24, 2.45) is 5.73 Å². The average molecular weight is 248 g/mol. The first-order chi connectivity index (χ1) is 8.61. The second kappa shape index (κ2) is 5.29. The summed E-state index contributed by atoms with van der Waals surface area (Å²) in [5.74, 6) is 0.957. The molecule has 0 aliphatic carbocycles. The summed E-state index contributed by atoms with van der Waals surface area (Å²) >= 11 is 0. The monoisotopic (exact) mass is 248 g/mol. The number of methoxy groups -OCH3 is 1. The maximum Gasteiger partial charge on any atom is 0.121 e. The highest BCUT2D eigenvalue weighted by molar-refractivity contribution is 5.40. The molecule has 1 aliphatic rings. The van der Waals surface area contributed by atoms with E-state index in [2.05, 4.69) is 37.1 Å². The van der Waals surface area contributed by atoms with Gasteiger partial charge in [-0.2, -0.15) is 0 Å². The molecule has 0 saturated carbocycles. The molecule has 2 N–H and O–H groups in total. The summed E-state index contributed by atoms with van der Waals surface area (Å²) in [5.41, 5.74) is 8.81. The van der Waals surface area contributed by atoms with Crippen LogP contribution in [0.25, 0.3) is 0 Å². The highest BCUT2D eigenvalue weighted by Crippen LogP contribution is 2.36. The predicted octanol–water partition coefficient (Wildman–Crippen LogP) is 1.93. The van der Waals surface area contributed by atoms with Gasteiger partial charge in [0.1, 0.15) is 5.75 Å². The zero-order valence-electron chi connectivity index (χ0n) is 11.7. The number of rotatable bonds is 3. The van der Waals surface area contributed by atoms with E-state index in [-0.39, 0.29) is 5.41 Å². The van der Waals surface area contributed by atoms with Gasteiger partial charge in [0.2, 0.25) is 0 Å². The van der Waals surface area contributed by atoms with E-state index in [9.17, 15) is 0 Å². The number of likely N-dealkylation sites (tertiary alicyclic amines) is 1. The third-order valence-corrected chi connectivity index (χ3v) is 4.34. The van der Waals surface area contributed by atoms with Crippen molar-refractivity contribution in [3.63, 3.8) is 0 Å². The van der Waals surface area contributed by atoms with E-state index in [4.69, 9.17) is 10.5 Å². The Morgan fingerprint density at radius 2 is 2.00 bits per heavy atom. The Morgan fingerprint density at radius 1 is 1.33 bits per heavy atom. The van der Waals surface area contributed by atoms with Gasteiger partial charge in [0.25, 0.3) is 0 Å². The van der Waals surface area contributed by atoms with Gasteiger partial charge in [-0.1, -0.05) is 12.1 Å². The molecule has 2 rings (SSSR count). The second-order valence-electron chi connectivity index (χ2n) is 5.47. The van der Waals surface area contributed by atoms with Crippen molar-refractivity contribution in [1.82, 2.24) is 4.90 Å². The van der Waals surface area contributed by atoms with Crippen LogP contribution in [0.15, 0.2) is 18.2 Å². The Morgan fingerprint density at radius 3 is 2.50 bits per heavy atom. The van der Waals surface area contributed by atoms with Crippen molar-refractivity contribution in [1.29, 1.82) is 0 Å². The van der Waals surface area contributed by atoms with Crippen molar-refractivity contribution < 1.29 is 4.74 Å². The van der Waals surface area contributed by atoms with Crippen molar-refractivity contribution >= 4 is 0 Å². The standard InChI is InChI=1S/C15H24N2O/c1-12-10-13(4-5-14(12)18-3)15(11-16)6-8-17(2)9-7-15/h4-5,10H,6-9,11,16H2,1-3H3. The highest BCUT2D eigenvalue weighted by Gasteiger charge is 2.34. The fourth-order valence-electron chi connectivity index (χ4n) is 2.87. The minimum atomic E-state index is 0.156. The predicted molar refractivity (Wildman–Crippen MR) is 75.2 cm³/mol. The van der Waals surface area contributed by atoms with E-state index in [1.54, 1.807) is 7.11 Å². The number of nitrogens with two attached hydrogens (primary N) is 1. The third kappa shape index (κ3) is 2.38. The lowest BCUT2D eigenvalue weighted by molar-refractivity contribution is 0.191. The summed E-state index contributed by atoms with van der Waals surface area (Å²) < 4.78 is 5.33. The van der Waals surface area contributed by atoms with Crippen LogP contribution in [-0.2, 0) is 5.41 Å². The van der Waals surface area contributed by atoms with E-state index in [0.29, 0.717) is 0 Å². The lowest BCUT2D eigenvalue weighted by Gasteiger charge is -2.40. The van der Waals surface area contributed by atoms with Gasteiger partial charge in [0.05, 0.1) is 7.11 Å². The average Bonchev–Trinajstić information content (AvgIpc) is 2.40. The molecule has 1 fully saturated rings. The second-order valence-corrected chi connectivity index (χ2v) is 5.47. The molecule has 3 heteroatoms. The molecule has 1 heterocycles. The van der Waals surface area contributed by atoms with E-state index in [0.717, 1.165) is 38.2 Å². The zero-order chi connectivity index (χ0) is 13.2. The Hall–Kier alpha value is -1.06. The Balaban J connectivity index is 2.30. The summed E-state index contributed by atoms with van der Waals surface area (Å²) in [6, 6.07) is 6.50. The fraction of sp³-hybridized carbons (Fsp3) is 0.600. The summed E-state index contributed by atoms with van der Waals surface area (Å²) in [6.07, 6.45) is 2.29.